The Labute approximate surface area is 96.6 Å². The van der Waals surface area contributed by atoms with Crippen molar-refractivity contribution in [1.29, 1.82) is 0 Å². The number of halogens is 7. The second kappa shape index (κ2) is 10.9. The number of carbonyl (C=O) groups is 1. The molecular weight excluding hydrogens is 305 g/mol. The van der Waals surface area contributed by atoms with Crippen LogP contribution in [0.2, 0.25) is 0 Å². The SMILES string of the molecule is COC(F)(F)C(F)F.O=C(F)C(F)F.O=S(=O)=O. The topological polar surface area (TPSA) is 77.5 Å². The van der Waals surface area contributed by atoms with E-state index >= 15 is 0 Å². The lowest BCUT2D eigenvalue weighted by Gasteiger charge is -2.10. The van der Waals surface area contributed by atoms with Crippen molar-refractivity contribution in [3.63, 3.8) is 0 Å². The summed E-state index contributed by atoms with van der Waals surface area (Å²) in [7, 11) is -2.59. The Hall–Kier alpha value is -1.24. The zero-order valence-corrected chi connectivity index (χ0v) is 9.07. The quantitative estimate of drug-likeness (QED) is 0.579. The lowest BCUT2D eigenvalue weighted by atomic mass is 10.7. The van der Waals surface area contributed by atoms with E-state index in [9.17, 15) is 30.7 Å². The summed E-state index contributed by atoms with van der Waals surface area (Å²) in [6.07, 6.45) is -11.5. The maximum atomic E-state index is 11.3. The van der Waals surface area contributed by atoms with E-state index in [1.165, 1.54) is 0 Å². The second-order valence-electron chi connectivity index (χ2n) is 1.88. The summed E-state index contributed by atoms with van der Waals surface area (Å²) in [4.78, 5) is 8.73. The Kier molecular flexibility index (Phi) is 13.3. The van der Waals surface area contributed by atoms with Gasteiger partial charge in [-0.25, -0.2) is 8.78 Å². The molecule has 0 spiro atoms. The van der Waals surface area contributed by atoms with Gasteiger partial charge in [0.2, 0.25) is 0 Å². The molecule has 0 saturated carbocycles. The third-order valence-electron chi connectivity index (χ3n) is 0.698. The monoisotopic (exact) mass is 310 g/mol. The van der Waals surface area contributed by atoms with Crippen LogP contribution >= 0.6 is 0 Å². The van der Waals surface area contributed by atoms with E-state index in [-0.39, 0.29) is 0 Å². The maximum Gasteiger partial charge on any atom is 0.425 e. The molecule has 0 heterocycles. The minimum absolute atomic E-state index is 0.520. The van der Waals surface area contributed by atoms with Crippen molar-refractivity contribution in [2.24, 2.45) is 0 Å². The first-order valence-corrected chi connectivity index (χ1v) is 4.33. The fraction of sp³-hybridized carbons (Fsp3) is 0.800. The van der Waals surface area contributed by atoms with Crippen LogP contribution in [0.5, 0.6) is 0 Å². The van der Waals surface area contributed by atoms with E-state index in [0.29, 0.717) is 7.11 Å². The largest absolute Gasteiger partial charge is 0.425 e. The van der Waals surface area contributed by atoms with Gasteiger partial charge in [0.15, 0.2) is 0 Å². The summed E-state index contributed by atoms with van der Waals surface area (Å²) in [5.74, 6) is 0. The molecule has 110 valence electrons. The molecule has 0 aromatic rings. The molecule has 0 saturated heterocycles. The minimum atomic E-state index is -4.29. The maximum absolute atomic E-state index is 11.3. The average molecular weight is 310 g/mol. The molecule has 0 aliphatic carbocycles. The first-order valence-electron chi connectivity index (χ1n) is 3.33. The minimum Gasteiger partial charge on any atom is -0.319 e. The molecule has 0 unspecified atom stereocenters. The van der Waals surface area contributed by atoms with Gasteiger partial charge in [-0.05, 0) is 0 Å². The molecule has 0 aromatic carbocycles. The Morgan fingerprint density at radius 2 is 1.33 bits per heavy atom. The lowest BCUT2D eigenvalue weighted by Crippen LogP contribution is -2.28. The highest BCUT2D eigenvalue weighted by Gasteiger charge is 2.40. The van der Waals surface area contributed by atoms with Gasteiger partial charge in [0.1, 0.15) is 0 Å². The molecular formula is C5H5F7O5S. The average Bonchev–Trinajstić information content (AvgIpc) is 2.17. The first kappa shape index (κ1) is 22.0. The second-order valence-corrected chi connectivity index (χ2v) is 2.28. The van der Waals surface area contributed by atoms with Crippen LogP contribution in [0.25, 0.3) is 0 Å². The molecule has 0 amide bonds. The fourth-order valence-corrected chi connectivity index (χ4v) is 0.0891. The summed E-state index contributed by atoms with van der Waals surface area (Å²) >= 11 is 0. The Balaban J connectivity index is -0.000000200. The zero-order valence-electron chi connectivity index (χ0n) is 8.25. The van der Waals surface area contributed by atoms with E-state index in [1.807, 2.05) is 0 Å². The molecule has 18 heavy (non-hydrogen) atoms. The number of hydrogen-bond donors (Lipinski definition) is 0. The van der Waals surface area contributed by atoms with Crippen LogP contribution in [-0.4, -0.2) is 44.7 Å². The van der Waals surface area contributed by atoms with Crippen molar-refractivity contribution in [1.82, 2.24) is 0 Å². The van der Waals surface area contributed by atoms with E-state index in [4.69, 9.17) is 17.4 Å². The van der Waals surface area contributed by atoms with Gasteiger partial charge in [-0.15, -0.1) is 12.6 Å². The molecule has 0 aliphatic heterocycles. The lowest BCUT2D eigenvalue weighted by molar-refractivity contribution is -0.287. The normalized spacial score (nSPS) is 10.1. The number of carbonyl (C=O) groups excluding carboxylic acids is 1. The fourth-order valence-electron chi connectivity index (χ4n) is 0.0891. The van der Waals surface area contributed by atoms with Crippen LogP contribution in [0.3, 0.4) is 0 Å². The van der Waals surface area contributed by atoms with Crippen molar-refractivity contribution in [2.75, 3.05) is 7.11 Å². The highest BCUT2D eigenvalue weighted by atomic mass is 32.2. The Morgan fingerprint density at radius 3 is 1.33 bits per heavy atom. The molecule has 5 nitrogen and oxygen atoms in total. The Bertz CT molecular complexity index is 318. The molecule has 13 heteroatoms. The molecule has 0 aliphatic rings. The van der Waals surface area contributed by atoms with Gasteiger partial charge in [0.05, 0.1) is 0 Å². The highest BCUT2D eigenvalue weighted by Crippen LogP contribution is 2.22. The van der Waals surface area contributed by atoms with Crippen LogP contribution < -0.4 is 0 Å². The van der Waals surface area contributed by atoms with Crippen LogP contribution in [0, 0.1) is 0 Å². The van der Waals surface area contributed by atoms with Crippen molar-refractivity contribution < 1.29 is 52.9 Å². The number of methoxy groups -OCH3 is 1. The van der Waals surface area contributed by atoms with E-state index < -0.39 is 35.6 Å². The van der Waals surface area contributed by atoms with Crippen molar-refractivity contribution in [3.8, 4) is 0 Å². The van der Waals surface area contributed by atoms with Gasteiger partial charge >= 0.3 is 35.6 Å². The molecule has 0 aromatic heterocycles. The molecule has 0 atom stereocenters. The zero-order chi connectivity index (χ0) is 15.5. The van der Waals surface area contributed by atoms with Gasteiger partial charge in [-0.3, -0.25) is 4.79 Å². The summed E-state index contributed by atoms with van der Waals surface area (Å²) in [6.45, 7) is 0. The summed E-state index contributed by atoms with van der Waals surface area (Å²) in [5, 5.41) is 0. The number of hydrogen-bond acceptors (Lipinski definition) is 5. The first-order chi connectivity index (χ1) is 7.88. The summed E-state index contributed by atoms with van der Waals surface area (Å²) < 4.78 is 104. The predicted molar refractivity (Wildman–Crippen MR) is 39.8 cm³/mol. The van der Waals surface area contributed by atoms with Gasteiger partial charge < -0.3 is 4.74 Å². The van der Waals surface area contributed by atoms with E-state index in [0.717, 1.165) is 0 Å². The predicted octanol–water partition coefficient (Wildman–Crippen LogP) is 1.23. The molecule has 0 N–H and O–H groups in total. The third-order valence-corrected chi connectivity index (χ3v) is 0.698. The highest BCUT2D eigenvalue weighted by molar-refractivity contribution is 7.59. The van der Waals surface area contributed by atoms with Crippen LogP contribution in [-0.2, 0) is 20.1 Å². The van der Waals surface area contributed by atoms with Gasteiger partial charge in [-0.1, -0.05) is 0 Å². The standard InChI is InChI=1S/C3H4F4O.C2HF3O.O3S/c1-8-3(6,7)2(4)5;3-1(4)2(5)6;1-4(2)3/h2H,1H3;1H;. The van der Waals surface area contributed by atoms with Crippen molar-refractivity contribution >= 4 is 16.6 Å². The summed E-state index contributed by atoms with van der Waals surface area (Å²) in [5.41, 5.74) is 0. The molecule has 0 fully saturated rings. The number of alkyl halides is 6. The Morgan fingerprint density at radius 1 is 1.11 bits per heavy atom. The smallest absolute Gasteiger partial charge is 0.319 e. The summed E-state index contributed by atoms with van der Waals surface area (Å²) in [6, 6.07) is -2.57. The third kappa shape index (κ3) is 20.2. The molecule has 0 rings (SSSR count). The van der Waals surface area contributed by atoms with Crippen LogP contribution in [0.1, 0.15) is 0 Å². The van der Waals surface area contributed by atoms with Crippen molar-refractivity contribution in [2.45, 2.75) is 19.0 Å². The van der Waals surface area contributed by atoms with E-state index in [1.54, 1.807) is 0 Å². The van der Waals surface area contributed by atoms with Crippen LogP contribution in [0.15, 0.2) is 0 Å². The van der Waals surface area contributed by atoms with Gasteiger partial charge in [0.25, 0.3) is 0 Å². The number of ether oxygens (including phenoxy) is 1. The van der Waals surface area contributed by atoms with Gasteiger partial charge in [-0.2, -0.15) is 22.0 Å². The van der Waals surface area contributed by atoms with E-state index in [2.05, 4.69) is 4.74 Å². The van der Waals surface area contributed by atoms with Gasteiger partial charge in [0, 0.05) is 7.11 Å². The number of rotatable bonds is 3. The van der Waals surface area contributed by atoms with Crippen LogP contribution in [0.4, 0.5) is 30.7 Å². The molecule has 0 bridgehead atoms. The van der Waals surface area contributed by atoms with Crippen molar-refractivity contribution in [3.05, 3.63) is 0 Å². The molecule has 0 radical (unpaired) electrons.